The van der Waals surface area contributed by atoms with Crippen molar-refractivity contribution >= 4 is 21.6 Å². The first-order valence-electron chi connectivity index (χ1n) is 15.8. The maximum absolute atomic E-state index is 13.6. The van der Waals surface area contributed by atoms with Gasteiger partial charge < -0.3 is 19.5 Å². The van der Waals surface area contributed by atoms with Gasteiger partial charge in [-0.2, -0.15) is 0 Å². The highest BCUT2D eigenvalue weighted by Crippen LogP contribution is 2.30. The molecule has 1 amide bonds. The molecule has 1 aliphatic heterocycles. The third-order valence-electron chi connectivity index (χ3n) is 8.35. The van der Waals surface area contributed by atoms with Gasteiger partial charge in [0, 0.05) is 36.8 Å². The van der Waals surface area contributed by atoms with Gasteiger partial charge in [0.15, 0.2) is 0 Å². The fourth-order valence-corrected chi connectivity index (χ4v) is 6.66. The predicted molar refractivity (Wildman–Crippen MR) is 183 cm³/mol. The molecule has 2 N–H and O–H groups in total. The van der Waals surface area contributed by atoms with Crippen molar-refractivity contribution in [3.05, 3.63) is 114 Å². The third kappa shape index (κ3) is 8.91. The average molecular weight is 658 g/mol. The number of carbonyl (C=O) groups is 1. The zero-order valence-corrected chi connectivity index (χ0v) is 28.1. The molecule has 1 heterocycles. The Balaban J connectivity index is 1.34. The van der Waals surface area contributed by atoms with E-state index in [1.54, 1.807) is 47.4 Å². The van der Waals surface area contributed by atoms with Crippen LogP contribution in [0, 0.1) is 12.8 Å². The van der Waals surface area contributed by atoms with Gasteiger partial charge >= 0.3 is 0 Å². The van der Waals surface area contributed by atoms with Crippen molar-refractivity contribution < 1.29 is 27.8 Å². The van der Waals surface area contributed by atoms with Gasteiger partial charge in [-0.05, 0) is 81.1 Å². The van der Waals surface area contributed by atoms with Crippen LogP contribution in [0.15, 0.2) is 102 Å². The Bertz CT molecular complexity index is 1750. The largest absolute Gasteiger partial charge is 0.488 e. The van der Waals surface area contributed by atoms with Crippen molar-refractivity contribution in [2.75, 3.05) is 31.5 Å². The molecule has 10 heteroatoms. The van der Waals surface area contributed by atoms with E-state index in [-0.39, 0.29) is 41.9 Å². The van der Waals surface area contributed by atoms with Crippen molar-refractivity contribution in [2.24, 2.45) is 5.92 Å². The highest BCUT2D eigenvalue weighted by Gasteiger charge is 2.31. The number of rotatable bonds is 11. The number of carbonyl (C=O) groups excluding carboxylic acids is 1. The smallest absolute Gasteiger partial charge is 0.261 e. The van der Waals surface area contributed by atoms with E-state index < -0.39 is 10.0 Å². The summed E-state index contributed by atoms with van der Waals surface area (Å²) in [4.78, 5) is 17.6. The van der Waals surface area contributed by atoms with Crippen LogP contribution in [-0.2, 0) is 27.8 Å². The van der Waals surface area contributed by atoms with Gasteiger partial charge in [-0.25, -0.2) is 8.42 Å². The monoisotopic (exact) mass is 657 g/mol. The molecule has 0 bridgehead atoms. The number of aliphatic hydroxyl groups is 1. The molecule has 9 nitrogen and oxygen atoms in total. The Morgan fingerprint density at radius 2 is 1.68 bits per heavy atom. The zero-order chi connectivity index (χ0) is 33.6. The van der Waals surface area contributed by atoms with Gasteiger partial charge in [-0.3, -0.25) is 14.4 Å². The second-order valence-electron chi connectivity index (χ2n) is 12.4. The summed E-state index contributed by atoms with van der Waals surface area (Å²) in [6.45, 7) is 7.24. The maximum Gasteiger partial charge on any atom is 0.261 e. The van der Waals surface area contributed by atoms with E-state index in [1.165, 1.54) is 0 Å². The number of anilines is 1. The first kappa shape index (κ1) is 34.0. The number of likely N-dealkylation sites (N-methyl/N-ethyl adjacent to an activating group) is 1. The van der Waals surface area contributed by atoms with E-state index in [9.17, 15) is 18.3 Å². The van der Waals surface area contributed by atoms with Crippen LogP contribution >= 0.6 is 0 Å². The minimum absolute atomic E-state index is 0.00640. The van der Waals surface area contributed by atoms with E-state index in [4.69, 9.17) is 9.47 Å². The van der Waals surface area contributed by atoms with Gasteiger partial charge in [0.2, 0.25) is 5.91 Å². The molecule has 47 heavy (non-hydrogen) atoms. The molecule has 5 rings (SSSR count). The summed E-state index contributed by atoms with van der Waals surface area (Å²) in [6, 6.07) is 28.9. The van der Waals surface area contributed by atoms with Gasteiger partial charge in [0.25, 0.3) is 10.0 Å². The molecule has 3 atom stereocenters. The van der Waals surface area contributed by atoms with Gasteiger partial charge in [-0.15, -0.1) is 0 Å². The minimum Gasteiger partial charge on any atom is -0.488 e. The summed E-state index contributed by atoms with van der Waals surface area (Å²) in [5.41, 5.74) is 2.98. The molecule has 1 aliphatic rings. The molecule has 0 radical (unpaired) electrons. The van der Waals surface area contributed by atoms with Crippen molar-refractivity contribution in [1.82, 2.24) is 9.80 Å². The van der Waals surface area contributed by atoms with E-state index in [0.717, 1.165) is 22.6 Å². The molecule has 0 aromatic heterocycles. The second-order valence-corrected chi connectivity index (χ2v) is 14.1. The molecular formula is C37H43N3O6S. The van der Waals surface area contributed by atoms with Crippen LogP contribution in [-0.4, -0.2) is 68.1 Å². The molecule has 0 saturated heterocycles. The number of fused-ring (bicyclic) bond motifs is 1. The number of sulfonamides is 1. The number of aliphatic hydroxyl groups excluding tert-OH is 1. The molecule has 0 saturated carbocycles. The van der Waals surface area contributed by atoms with Crippen LogP contribution in [0.25, 0.3) is 0 Å². The standard InChI is InChI=1S/C37H43N3O6S/c1-26-10-17-34(18-11-26)47(43,44)38-31-14-19-35-30(20-31)21-37(42)40(28(3)25-41)22-27(2)36(46-35)24-39(4)23-29-12-15-33(16-13-29)45-32-8-6-5-7-9-32/h5-20,27-28,36,38,41H,21-25H2,1-4H3/t27-,28-,36+/m1/s1. The average Bonchev–Trinajstić information content (AvgIpc) is 3.09. The molecule has 4 aromatic carbocycles. The Hall–Kier alpha value is -4.38. The Morgan fingerprint density at radius 1 is 1.00 bits per heavy atom. The molecule has 0 aliphatic carbocycles. The number of nitrogens with one attached hydrogen (secondary N) is 1. The Labute approximate surface area is 277 Å². The van der Waals surface area contributed by atoms with Gasteiger partial charge in [-0.1, -0.05) is 55.0 Å². The first-order chi connectivity index (χ1) is 22.5. The van der Waals surface area contributed by atoms with Crippen molar-refractivity contribution in [3.8, 4) is 17.2 Å². The summed E-state index contributed by atoms with van der Waals surface area (Å²) in [6.07, 6.45) is -0.291. The van der Waals surface area contributed by atoms with Crippen LogP contribution in [0.1, 0.15) is 30.5 Å². The summed E-state index contributed by atoms with van der Waals surface area (Å²) in [5.74, 6) is 1.85. The lowest BCUT2D eigenvalue weighted by Gasteiger charge is -2.34. The summed E-state index contributed by atoms with van der Waals surface area (Å²) in [5, 5.41) is 9.97. The van der Waals surface area contributed by atoms with Gasteiger partial charge in [0.1, 0.15) is 23.4 Å². The molecule has 0 fully saturated rings. The predicted octanol–water partition coefficient (Wildman–Crippen LogP) is 5.87. The second kappa shape index (κ2) is 15.0. The number of hydrogen-bond donors (Lipinski definition) is 2. The normalized spacial score (nSPS) is 17.6. The number of amides is 1. The summed E-state index contributed by atoms with van der Waals surface area (Å²) in [7, 11) is -1.81. The lowest BCUT2D eigenvalue weighted by atomic mass is 10.0. The Kier molecular flexibility index (Phi) is 10.9. The molecule has 4 aromatic rings. The molecular weight excluding hydrogens is 614 g/mol. The lowest BCUT2D eigenvalue weighted by Crippen LogP contribution is -2.47. The lowest BCUT2D eigenvalue weighted by molar-refractivity contribution is -0.134. The summed E-state index contributed by atoms with van der Waals surface area (Å²) < 4.78 is 41.4. The van der Waals surface area contributed by atoms with Crippen LogP contribution in [0.2, 0.25) is 0 Å². The fraction of sp³-hybridized carbons (Fsp3) is 0.324. The zero-order valence-electron chi connectivity index (χ0n) is 27.3. The number of para-hydroxylation sites is 1. The quantitative estimate of drug-likeness (QED) is 0.208. The van der Waals surface area contributed by atoms with Crippen molar-refractivity contribution in [1.29, 1.82) is 0 Å². The van der Waals surface area contributed by atoms with Crippen LogP contribution in [0.3, 0.4) is 0 Å². The van der Waals surface area contributed by atoms with Crippen LogP contribution in [0.4, 0.5) is 5.69 Å². The van der Waals surface area contributed by atoms with E-state index in [0.29, 0.717) is 36.6 Å². The topological polar surface area (TPSA) is 108 Å². The van der Waals surface area contributed by atoms with Crippen molar-refractivity contribution in [3.63, 3.8) is 0 Å². The van der Waals surface area contributed by atoms with E-state index in [1.807, 2.05) is 82.4 Å². The Morgan fingerprint density at radius 3 is 2.36 bits per heavy atom. The number of benzene rings is 4. The maximum atomic E-state index is 13.6. The summed E-state index contributed by atoms with van der Waals surface area (Å²) >= 11 is 0. The van der Waals surface area contributed by atoms with Crippen LogP contribution in [0.5, 0.6) is 17.2 Å². The van der Waals surface area contributed by atoms with Gasteiger partial charge in [0.05, 0.1) is 24.0 Å². The minimum atomic E-state index is -3.84. The number of nitrogens with zero attached hydrogens (tertiary/aromatic N) is 2. The van der Waals surface area contributed by atoms with Crippen LogP contribution < -0.4 is 14.2 Å². The SMILES string of the molecule is Cc1ccc(S(=O)(=O)Nc2ccc3c(c2)CC(=O)N([C@H](C)CO)C[C@@H](C)[C@H](CN(C)Cc2ccc(Oc4ccccc4)cc2)O3)cc1. The highest BCUT2D eigenvalue weighted by atomic mass is 32.2. The number of ether oxygens (including phenoxy) is 2. The molecule has 248 valence electrons. The third-order valence-corrected chi connectivity index (χ3v) is 9.74. The number of hydrogen-bond acceptors (Lipinski definition) is 7. The highest BCUT2D eigenvalue weighted by molar-refractivity contribution is 7.92. The molecule has 0 unspecified atom stereocenters. The molecule has 0 spiro atoms. The van der Waals surface area contributed by atoms with E-state index in [2.05, 4.69) is 9.62 Å². The van der Waals surface area contributed by atoms with Crippen molar-refractivity contribution in [2.45, 2.75) is 50.8 Å². The first-order valence-corrected chi connectivity index (χ1v) is 17.3. The number of aryl methyl sites for hydroxylation is 1. The fourth-order valence-electron chi connectivity index (χ4n) is 5.61. The van der Waals surface area contributed by atoms with E-state index >= 15 is 0 Å².